The van der Waals surface area contributed by atoms with E-state index >= 15 is 0 Å². The lowest BCUT2D eigenvalue weighted by Crippen LogP contribution is -2.60. The first-order valence-electron chi connectivity index (χ1n) is 10.1. The first-order valence-corrected chi connectivity index (χ1v) is 10.1. The van der Waals surface area contributed by atoms with Gasteiger partial charge in [-0.15, -0.1) is 0 Å². The second-order valence-corrected chi connectivity index (χ2v) is 7.54. The molecule has 0 radical (unpaired) electrons. The minimum atomic E-state index is -1.03. The molecule has 30 heavy (non-hydrogen) atoms. The number of ether oxygens (including phenoxy) is 5. The zero-order valence-electron chi connectivity index (χ0n) is 16.8. The topological polar surface area (TPSA) is 83.5 Å². The summed E-state index contributed by atoms with van der Waals surface area (Å²) in [6.07, 6.45) is -2.50. The lowest BCUT2D eigenvalue weighted by molar-refractivity contribution is -0.357. The molecule has 0 bridgehead atoms. The lowest BCUT2D eigenvalue weighted by Gasteiger charge is -2.48. The fraction of sp³-hybridized carbons (Fsp3) is 0.435. The smallest absolute Gasteiger partial charge is 0.329 e. The summed E-state index contributed by atoms with van der Waals surface area (Å²) < 4.78 is 30.0. The van der Waals surface area contributed by atoms with E-state index in [0.717, 1.165) is 11.1 Å². The Kier molecular flexibility index (Phi) is 6.76. The molecule has 2 aliphatic heterocycles. The molecular formula is C23H26O7. The number of hydrogen-bond acceptors (Lipinski definition) is 6. The SMILES string of the molecule is CC1[C@@H](OCc2ccccc2)OC2COC(c3ccccc3)O[C@H]2[C@@H]1OCC(=O)O. The van der Waals surface area contributed by atoms with Gasteiger partial charge in [-0.25, -0.2) is 4.79 Å². The molecule has 2 fully saturated rings. The maximum atomic E-state index is 11.1. The van der Waals surface area contributed by atoms with Crippen LogP contribution >= 0.6 is 0 Å². The van der Waals surface area contributed by atoms with Crippen molar-refractivity contribution < 1.29 is 33.6 Å². The lowest BCUT2D eigenvalue weighted by atomic mass is 9.91. The van der Waals surface area contributed by atoms with Crippen molar-refractivity contribution in [1.29, 1.82) is 0 Å². The Morgan fingerprint density at radius 1 is 1.03 bits per heavy atom. The molecular weight excluding hydrogens is 388 g/mol. The van der Waals surface area contributed by atoms with E-state index in [0.29, 0.717) is 13.2 Å². The third-order valence-electron chi connectivity index (χ3n) is 5.37. The highest BCUT2D eigenvalue weighted by atomic mass is 16.7. The van der Waals surface area contributed by atoms with Crippen molar-refractivity contribution in [2.75, 3.05) is 13.2 Å². The van der Waals surface area contributed by atoms with E-state index in [1.807, 2.05) is 67.6 Å². The molecule has 6 atom stereocenters. The van der Waals surface area contributed by atoms with Crippen LogP contribution in [0.25, 0.3) is 0 Å². The Morgan fingerprint density at radius 2 is 1.73 bits per heavy atom. The molecule has 0 aliphatic carbocycles. The summed E-state index contributed by atoms with van der Waals surface area (Å²) >= 11 is 0. The number of carbonyl (C=O) groups is 1. The van der Waals surface area contributed by atoms with Gasteiger partial charge in [0.25, 0.3) is 0 Å². The van der Waals surface area contributed by atoms with Crippen LogP contribution in [-0.2, 0) is 35.1 Å². The molecule has 7 heteroatoms. The van der Waals surface area contributed by atoms with Crippen molar-refractivity contribution in [3.05, 3.63) is 71.8 Å². The Morgan fingerprint density at radius 3 is 2.43 bits per heavy atom. The standard InChI is InChI=1S/C23H26O7/c1-15-20(26-14-19(24)25)21-18(13-28-23(30-21)17-10-6-3-7-11-17)29-22(15)27-12-16-8-4-2-5-9-16/h2-11,15,18,20-23H,12-14H2,1H3,(H,24,25)/t15?,18?,20-,21-,22+,23?/m1/s1. The van der Waals surface area contributed by atoms with E-state index in [1.165, 1.54) is 0 Å². The van der Waals surface area contributed by atoms with Gasteiger partial charge in [0.2, 0.25) is 0 Å². The largest absolute Gasteiger partial charge is 0.480 e. The van der Waals surface area contributed by atoms with E-state index < -0.39 is 43.5 Å². The molecule has 2 aliphatic rings. The van der Waals surface area contributed by atoms with Gasteiger partial charge in [-0.05, 0) is 5.56 Å². The zero-order valence-corrected chi connectivity index (χ0v) is 16.8. The summed E-state index contributed by atoms with van der Waals surface area (Å²) in [6, 6.07) is 19.4. The summed E-state index contributed by atoms with van der Waals surface area (Å²) in [5.41, 5.74) is 1.92. The predicted octanol–water partition coefficient (Wildman–Crippen LogP) is 3.15. The molecule has 0 spiro atoms. The molecule has 0 amide bonds. The predicted molar refractivity (Wildman–Crippen MR) is 106 cm³/mol. The first kappa shape index (κ1) is 21.0. The second kappa shape index (κ2) is 9.68. The number of fused-ring (bicyclic) bond motifs is 1. The summed E-state index contributed by atoms with van der Waals surface area (Å²) in [4.78, 5) is 11.1. The minimum Gasteiger partial charge on any atom is -0.480 e. The molecule has 2 aromatic rings. The Bertz CT molecular complexity index is 813. The van der Waals surface area contributed by atoms with Crippen LogP contribution in [0.4, 0.5) is 0 Å². The van der Waals surface area contributed by atoms with Crippen molar-refractivity contribution >= 4 is 5.97 Å². The molecule has 160 valence electrons. The Balaban J connectivity index is 1.48. The van der Waals surface area contributed by atoms with Crippen LogP contribution in [0.2, 0.25) is 0 Å². The number of aliphatic carboxylic acids is 1. The van der Waals surface area contributed by atoms with Gasteiger partial charge in [0.15, 0.2) is 12.6 Å². The van der Waals surface area contributed by atoms with Gasteiger partial charge in [-0.2, -0.15) is 0 Å². The van der Waals surface area contributed by atoms with Crippen LogP contribution in [0.15, 0.2) is 60.7 Å². The van der Waals surface area contributed by atoms with Crippen molar-refractivity contribution in [2.24, 2.45) is 5.92 Å². The van der Waals surface area contributed by atoms with Gasteiger partial charge < -0.3 is 28.8 Å². The molecule has 4 rings (SSSR count). The van der Waals surface area contributed by atoms with Crippen molar-refractivity contribution in [3.63, 3.8) is 0 Å². The highest BCUT2D eigenvalue weighted by Crippen LogP contribution is 2.38. The molecule has 0 saturated carbocycles. The van der Waals surface area contributed by atoms with Gasteiger partial charge in [0.1, 0.15) is 18.8 Å². The van der Waals surface area contributed by atoms with Crippen LogP contribution < -0.4 is 0 Å². The molecule has 2 aromatic carbocycles. The van der Waals surface area contributed by atoms with Gasteiger partial charge in [-0.3, -0.25) is 0 Å². The highest BCUT2D eigenvalue weighted by molar-refractivity contribution is 5.68. The monoisotopic (exact) mass is 414 g/mol. The van der Waals surface area contributed by atoms with Crippen LogP contribution in [-0.4, -0.2) is 48.9 Å². The van der Waals surface area contributed by atoms with Crippen LogP contribution in [0, 0.1) is 5.92 Å². The summed E-state index contributed by atoms with van der Waals surface area (Å²) in [5.74, 6) is -1.26. The van der Waals surface area contributed by atoms with Gasteiger partial charge in [0, 0.05) is 11.5 Å². The Labute approximate surface area is 175 Å². The normalized spacial score (nSPS) is 31.1. The van der Waals surface area contributed by atoms with Crippen molar-refractivity contribution in [1.82, 2.24) is 0 Å². The first-order chi connectivity index (χ1) is 14.6. The number of carboxylic acids is 1. The maximum Gasteiger partial charge on any atom is 0.329 e. The number of rotatable bonds is 7. The van der Waals surface area contributed by atoms with Gasteiger partial charge >= 0.3 is 5.97 Å². The van der Waals surface area contributed by atoms with E-state index in [9.17, 15) is 4.79 Å². The summed E-state index contributed by atoms with van der Waals surface area (Å²) in [5, 5.41) is 9.12. The fourth-order valence-corrected chi connectivity index (χ4v) is 3.85. The fourth-order valence-electron chi connectivity index (χ4n) is 3.85. The van der Waals surface area contributed by atoms with Crippen LogP contribution in [0.1, 0.15) is 24.3 Å². The number of carboxylic acid groups (broad SMARTS) is 1. The molecule has 7 nitrogen and oxygen atoms in total. The molecule has 0 aromatic heterocycles. The third kappa shape index (κ3) is 4.88. The molecule has 1 N–H and O–H groups in total. The average molecular weight is 414 g/mol. The van der Waals surface area contributed by atoms with Crippen molar-refractivity contribution in [3.8, 4) is 0 Å². The van der Waals surface area contributed by atoms with E-state index in [1.54, 1.807) is 0 Å². The number of benzene rings is 2. The minimum absolute atomic E-state index is 0.233. The molecule has 2 heterocycles. The molecule has 2 saturated heterocycles. The third-order valence-corrected chi connectivity index (χ3v) is 5.37. The van der Waals surface area contributed by atoms with E-state index in [2.05, 4.69) is 0 Å². The van der Waals surface area contributed by atoms with E-state index in [-0.39, 0.29) is 5.92 Å². The van der Waals surface area contributed by atoms with Crippen molar-refractivity contribution in [2.45, 2.75) is 44.4 Å². The van der Waals surface area contributed by atoms with Crippen LogP contribution in [0.5, 0.6) is 0 Å². The average Bonchev–Trinajstić information content (AvgIpc) is 2.78. The van der Waals surface area contributed by atoms with Gasteiger partial charge in [0.05, 0.1) is 19.3 Å². The second-order valence-electron chi connectivity index (χ2n) is 7.54. The Hall–Kier alpha value is -2.29. The van der Waals surface area contributed by atoms with E-state index in [4.69, 9.17) is 28.8 Å². The highest BCUT2D eigenvalue weighted by Gasteiger charge is 2.49. The number of hydrogen-bond donors (Lipinski definition) is 1. The van der Waals surface area contributed by atoms with Gasteiger partial charge in [-0.1, -0.05) is 67.6 Å². The summed E-state index contributed by atoms with van der Waals surface area (Å²) in [6.45, 7) is 2.20. The summed E-state index contributed by atoms with van der Waals surface area (Å²) in [7, 11) is 0. The van der Waals surface area contributed by atoms with Crippen LogP contribution in [0.3, 0.4) is 0 Å². The quantitative estimate of drug-likeness (QED) is 0.745. The zero-order chi connectivity index (χ0) is 20.9. The maximum absolute atomic E-state index is 11.1. The molecule has 3 unspecified atom stereocenters.